The summed E-state index contributed by atoms with van der Waals surface area (Å²) in [6, 6.07) is 10.1. The van der Waals surface area contributed by atoms with Gasteiger partial charge in [0.15, 0.2) is 0 Å². The van der Waals surface area contributed by atoms with Crippen LogP contribution in [0.2, 0.25) is 0 Å². The molecule has 1 rings (SSSR count). The summed E-state index contributed by atoms with van der Waals surface area (Å²) in [4.78, 5) is 0. The Kier molecular flexibility index (Phi) is 4.93. The second-order valence-corrected chi connectivity index (χ2v) is 3.53. The molecule has 0 amide bonds. The largest absolute Gasteiger partial charge is 0.326 e. The molecule has 0 bridgehead atoms. The summed E-state index contributed by atoms with van der Waals surface area (Å²) >= 11 is 0. The Morgan fingerprint density at radius 3 is 2.47 bits per heavy atom. The van der Waals surface area contributed by atoms with E-state index >= 15 is 0 Å². The molecule has 2 nitrogen and oxygen atoms in total. The highest BCUT2D eigenvalue weighted by Gasteiger charge is 2.05. The van der Waals surface area contributed by atoms with Gasteiger partial charge in [-0.25, -0.2) is 0 Å². The van der Waals surface area contributed by atoms with E-state index in [-0.39, 0.29) is 0 Å². The predicted molar refractivity (Wildman–Crippen MR) is 71.9 cm³/mol. The molecule has 0 saturated carbocycles. The molecule has 1 aromatic carbocycles. The van der Waals surface area contributed by atoms with Crippen LogP contribution in [-0.2, 0) is 6.54 Å². The number of nitrogens with two attached hydrogens (primary N) is 1. The van der Waals surface area contributed by atoms with Crippen molar-refractivity contribution >= 4 is 5.57 Å². The maximum atomic E-state index is 9.09. The SMILES string of the molecule is C=C/C=C(C#N)\C(=C/C)c1ccc(CN)cc1. The molecule has 0 aliphatic rings. The van der Waals surface area contributed by atoms with Gasteiger partial charge in [-0.05, 0) is 29.7 Å². The fraction of sp³-hybridized carbons (Fsp3) is 0.133. The van der Waals surface area contributed by atoms with Crippen LogP contribution < -0.4 is 5.73 Å². The van der Waals surface area contributed by atoms with Gasteiger partial charge in [0, 0.05) is 6.54 Å². The lowest BCUT2D eigenvalue weighted by Gasteiger charge is -2.06. The van der Waals surface area contributed by atoms with Gasteiger partial charge < -0.3 is 5.73 Å². The van der Waals surface area contributed by atoms with Crippen LogP contribution in [0.15, 0.2) is 54.6 Å². The lowest BCUT2D eigenvalue weighted by atomic mass is 9.97. The van der Waals surface area contributed by atoms with Crippen molar-refractivity contribution in [3.8, 4) is 6.07 Å². The van der Waals surface area contributed by atoms with Crippen molar-refractivity contribution in [2.24, 2.45) is 5.73 Å². The van der Waals surface area contributed by atoms with Crippen LogP contribution in [0, 0.1) is 11.3 Å². The second-order valence-electron chi connectivity index (χ2n) is 3.53. The number of nitriles is 1. The Hall–Kier alpha value is -2.11. The van der Waals surface area contributed by atoms with Crippen molar-refractivity contribution in [3.05, 3.63) is 65.8 Å². The van der Waals surface area contributed by atoms with E-state index in [1.807, 2.05) is 37.3 Å². The standard InChI is InChI=1S/C15H16N2/c1-3-5-14(11-17)15(4-2)13-8-6-12(10-16)7-9-13/h3-9H,1,10,16H2,2H3/b14-5-,15-4-. The van der Waals surface area contributed by atoms with E-state index in [2.05, 4.69) is 12.6 Å². The minimum absolute atomic E-state index is 0.527. The molecule has 86 valence electrons. The van der Waals surface area contributed by atoms with Gasteiger partial charge in [-0.3, -0.25) is 0 Å². The first-order valence-corrected chi connectivity index (χ1v) is 5.45. The first-order valence-electron chi connectivity index (χ1n) is 5.45. The maximum absolute atomic E-state index is 9.09. The quantitative estimate of drug-likeness (QED) is 0.630. The molecule has 0 unspecified atom stereocenters. The molecule has 0 radical (unpaired) electrons. The van der Waals surface area contributed by atoms with Crippen molar-refractivity contribution in [2.75, 3.05) is 0 Å². The van der Waals surface area contributed by atoms with Crippen molar-refractivity contribution in [1.29, 1.82) is 5.26 Å². The maximum Gasteiger partial charge on any atom is 0.0998 e. The summed E-state index contributed by atoms with van der Waals surface area (Å²) < 4.78 is 0. The summed E-state index contributed by atoms with van der Waals surface area (Å²) in [6.45, 7) is 6.06. The first-order chi connectivity index (χ1) is 8.26. The Morgan fingerprint density at radius 1 is 1.41 bits per heavy atom. The van der Waals surface area contributed by atoms with Crippen LogP contribution in [0.5, 0.6) is 0 Å². The first kappa shape index (κ1) is 13.0. The summed E-state index contributed by atoms with van der Waals surface area (Å²) in [5, 5.41) is 9.09. The van der Waals surface area contributed by atoms with Crippen LogP contribution >= 0.6 is 0 Å². The van der Waals surface area contributed by atoms with Crippen molar-refractivity contribution in [3.63, 3.8) is 0 Å². The number of nitrogens with zero attached hydrogens (tertiary/aromatic N) is 1. The van der Waals surface area contributed by atoms with Crippen LogP contribution in [0.1, 0.15) is 18.1 Å². The number of hydrogen-bond donors (Lipinski definition) is 1. The summed E-state index contributed by atoms with van der Waals surface area (Å²) in [6.07, 6.45) is 5.26. The van der Waals surface area contributed by atoms with Crippen molar-refractivity contribution < 1.29 is 0 Å². The molecule has 17 heavy (non-hydrogen) atoms. The second kappa shape index (κ2) is 6.47. The lowest BCUT2D eigenvalue weighted by Crippen LogP contribution is -1.96. The van der Waals surface area contributed by atoms with Crippen LogP contribution in [0.25, 0.3) is 5.57 Å². The predicted octanol–water partition coefficient (Wildman–Crippen LogP) is 3.18. The van der Waals surface area contributed by atoms with E-state index in [1.165, 1.54) is 0 Å². The highest BCUT2D eigenvalue weighted by atomic mass is 14.5. The van der Waals surface area contributed by atoms with Crippen molar-refractivity contribution in [2.45, 2.75) is 13.5 Å². The third kappa shape index (κ3) is 3.17. The number of allylic oxidation sites excluding steroid dienone is 5. The van der Waals surface area contributed by atoms with Crippen molar-refractivity contribution in [1.82, 2.24) is 0 Å². The Labute approximate surface area is 102 Å². The van der Waals surface area contributed by atoms with Crippen LogP contribution in [0.4, 0.5) is 0 Å². The molecule has 2 heteroatoms. The van der Waals surface area contributed by atoms with E-state index in [9.17, 15) is 0 Å². The van der Waals surface area contributed by atoms with Gasteiger partial charge in [-0.1, -0.05) is 43.0 Å². The third-order valence-electron chi connectivity index (χ3n) is 2.48. The van der Waals surface area contributed by atoms with Gasteiger partial charge in [0.1, 0.15) is 0 Å². The fourth-order valence-electron chi connectivity index (χ4n) is 1.60. The molecule has 2 N–H and O–H groups in total. The molecular formula is C15H16N2. The van der Waals surface area contributed by atoms with E-state index in [4.69, 9.17) is 11.0 Å². The van der Waals surface area contributed by atoms with Gasteiger partial charge >= 0.3 is 0 Å². The Morgan fingerprint density at radius 2 is 2.06 bits per heavy atom. The molecule has 0 aliphatic carbocycles. The average molecular weight is 224 g/mol. The van der Waals surface area contributed by atoms with E-state index < -0.39 is 0 Å². The topological polar surface area (TPSA) is 49.8 Å². The zero-order chi connectivity index (χ0) is 12.7. The molecule has 1 aromatic rings. The highest BCUT2D eigenvalue weighted by molar-refractivity contribution is 5.83. The van der Waals surface area contributed by atoms with Gasteiger partial charge in [0.2, 0.25) is 0 Å². The van der Waals surface area contributed by atoms with E-state index in [0.717, 1.165) is 16.7 Å². The highest BCUT2D eigenvalue weighted by Crippen LogP contribution is 2.23. The smallest absolute Gasteiger partial charge is 0.0998 e. The molecule has 0 saturated heterocycles. The Balaban J connectivity index is 3.15. The molecule has 0 aromatic heterocycles. The van der Waals surface area contributed by atoms with Gasteiger partial charge in [-0.15, -0.1) is 0 Å². The molecule has 0 heterocycles. The number of hydrogen-bond acceptors (Lipinski definition) is 2. The van der Waals surface area contributed by atoms with Gasteiger partial charge in [0.05, 0.1) is 11.6 Å². The monoisotopic (exact) mass is 224 g/mol. The van der Waals surface area contributed by atoms with Gasteiger partial charge in [-0.2, -0.15) is 5.26 Å². The van der Waals surface area contributed by atoms with Crippen LogP contribution in [0.3, 0.4) is 0 Å². The summed E-state index contributed by atoms with van der Waals surface area (Å²) in [5.74, 6) is 0. The third-order valence-corrected chi connectivity index (χ3v) is 2.48. The number of benzene rings is 1. The minimum atomic E-state index is 0.527. The summed E-state index contributed by atoms with van der Waals surface area (Å²) in [5.41, 5.74) is 9.17. The molecule has 0 fully saturated rings. The number of rotatable bonds is 4. The average Bonchev–Trinajstić information content (AvgIpc) is 2.39. The molecule has 0 atom stereocenters. The zero-order valence-electron chi connectivity index (χ0n) is 9.98. The fourth-order valence-corrected chi connectivity index (χ4v) is 1.60. The minimum Gasteiger partial charge on any atom is -0.326 e. The van der Waals surface area contributed by atoms with Crippen LogP contribution in [-0.4, -0.2) is 0 Å². The van der Waals surface area contributed by atoms with E-state index in [0.29, 0.717) is 12.1 Å². The van der Waals surface area contributed by atoms with E-state index in [1.54, 1.807) is 12.2 Å². The Bertz CT molecular complexity index is 485. The molecule has 0 spiro atoms. The summed E-state index contributed by atoms with van der Waals surface area (Å²) in [7, 11) is 0. The lowest BCUT2D eigenvalue weighted by molar-refractivity contribution is 1.07. The van der Waals surface area contributed by atoms with Gasteiger partial charge in [0.25, 0.3) is 0 Å². The molecule has 0 aliphatic heterocycles. The zero-order valence-corrected chi connectivity index (χ0v) is 9.98. The molecular weight excluding hydrogens is 208 g/mol. The normalized spacial score (nSPS) is 12.1.